The van der Waals surface area contributed by atoms with Crippen molar-refractivity contribution in [1.29, 1.82) is 0 Å². The molecule has 0 amide bonds. The molecule has 5 heteroatoms. The molecule has 0 spiro atoms. The molecule has 0 bridgehead atoms. The fourth-order valence-corrected chi connectivity index (χ4v) is 2.05. The van der Waals surface area contributed by atoms with Gasteiger partial charge in [0.2, 0.25) is 0 Å². The van der Waals surface area contributed by atoms with E-state index in [1.807, 2.05) is 24.1 Å². The minimum Gasteiger partial charge on any atom is -0.398 e. The number of fused-ring (bicyclic) bond motifs is 1. The first kappa shape index (κ1) is 12.0. The van der Waals surface area contributed by atoms with Crippen molar-refractivity contribution in [3.05, 3.63) is 29.4 Å². The van der Waals surface area contributed by atoms with Crippen molar-refractivity contribution in [1.82, 2.24) is 4.98 Å². The average Bonchev–Trinajstić information content (AvgIpc) is 2.28. The molecule has 1 aromatic carbocycles. The Labute approximate surface area is 105 Å². The summed E-state index contributed by atoms with van der Waals surface area (Å²) in [7, 11) is 1.87. The van der Waals surface area contributed by atoms with E-state index in [9.17, 15) is 0 Å². The summed E-state index contributed by atoms with van der Waals surface area (Å²) in [5.74, 6) is 0.769. The fourth-order valence-electron chi connectivity index (χ4n) is 1.82. The minimum absolute atomic E-state index is 0.0740. The summed E-state index contributed by atoms with van der Waals surface area (Å²) in [6.07, 6.45) is 1.70. The van der Waals surface area contributed by atoms with Crippen LogP contribution in [0.2, 0.25) is 5.02 Å². The van der Waals surface area contributed by atoms with Crippen LogP contribution in [0.15, 0.2) is 24.4 Å². The zero-order valence-electron chi connectivity index (χ0n) is 9.52. The molecule has 0 aliphatic carbocycles. The number of nitrogen functional groups attached to an aromatic ring is 1. The number of aliphatic hydroxyl groups excluding tert-OH is 1. The number of halogens is 1. The highest BCUT2D eigenvalue weighted by Crippen LogP contribution is 2.30. The Morgan fingerprint density at radius 2 is 2.18 bits per heavy atom. The van der Waals surface area contributed by atoms with E-state index in [1.165, 1.54) is 0 Å². The Morgan fingerprint density at radius 3 is 2.88 bits per heavy atom. The number of nitrogens with two attached hydrogens (primary N) is 1. The highest BCUT2D eigenvalue weighted by Gasteiger charge is 2.09. The third-order valence-electron chi connectivity index (χ3n) is 2.65. The van der Waals surface area contributed by atoms with E-state index in [2.05, 4.69) is 4.98 Å². The van der Waals surface area contributed by atoms with Crippen LogP contribution >= 0.6 is 11.6 Å². The smallest absolute Gasteiger partial charge is 0.136 e. The molecule has 2 rings (SSSR count). The zero-order valence-corrected chi connectivity index (χ0v) is 10.3. The zero-order chi connectivity index (χ0) is 12.4. The molecule has 0 saturated heterocycles. The first-order chi connectivity index (χ1) is 8.13. The van der Waals surface area contributed by atoms with Crippen molar-refractivity contribution in [2.75, 3.05) is 30.8 Å². The molecule has 3 N–H and O–H groups in total. The molecular weight excluding hydrogens is 238 g/mol. The van der Waals surface area contributed by atoms with E-state index < -0.39 is 0 Å². The van der Waals surface area contributed by atoms with Crippen LogP contribution < -0.4 is 10.6 Å². The van der Waals surface area contributed by atoms with Gasteiger partial charge in [0.15, 0.2) is 0 Å². The van der Waals surface area contributed by atoms with Gasteiger partial charge in [-0.15, -0.1) is 0 Å². The van der Waals surface area contributed by atoms with E-state index in [-0.39, 0.29) is 6.61 Å². The maximum atomic E-state index is 8.96. The number of aliphatic hydroxyl groups is 1. The van der Waals surface area contributed by atoms with Gasteiger partial charge in [-0.1, -0.05) is 11.6 Å². The van der Waals surface area contributed by atoms with Gasteiger partial charge in [-0.25, -0.2) is 4.98 Å². The maximum absolute atomic E-state index is 8.96. The van der Waals surface area contributed by atoms with Gasteiger partial charge in [0.25, 0.3) is 0 Å². The Hall–Kier alpha value is -1.52. The number of nitrogens with zero attached hydrogens (tertiary/aromatic N) is 2. The number of rotatable bonds is 3. The Bertz CT molecular complexity index is 545. The minimum atomic E-state index is 0.0740. The Kier molecular flexibility index (Phi) is 3.36. The number of benzene rings is 1. The predicted molar refractivity (Wildman–Crippen MR) is 71.5 cm³/mol. The topological polar surface area (TPSA) is 62.4 Å². The van der Waals surface area contributed by atoms with Crippen molar-refractivity contribution in [2.24, 2.45) is 0 Å². The second kappa shape index (κ2) is 4.77. The molecule has 90 valence electrons. The first-order valence-corrected chi connectivity index (χ1v) is 5.67. The molecular formula is C12H14ClN3O. The molecule has 0 radical (unpaired) electrons. The molecule has 0 unspecified atom stereocenters. The molecule has 2 aromatic rings. The first-order valence-electron chi connectivity index (χ1n) is 5.29. The Balaban J connectivity index is 2.64. The van der Waals surface area contributed by atoms with Crippen LogP contribution in [0.4, 0.5) is 11.5 Å². The summed E-state index contributed by atoms with van der Waals surface area (Å²) in [4.78, 5) is 6.18. The normalized spacial score (nSPS) is 10.8. The van der Waals surface area contributed by atoms with E-state index in [1.54, 1.807) is 12.3 Å². The van der Waals surface area contributed by atoms with Gasteiger partial charge in [0.05, 0.1) is 6.61 Å². The molecule has 4 nitrogen and oxygen atoms in total. The molecule has 0 saturated carbocycles. The number of pyridine rings is 1. The van der Waals surface area contributed by atoms with E-state index >= 15 is 0 Å². The van der Waals surface area contributed by atoms with Crippen LogP contribution in [0.5, 0.6) is 0 Å². The lowest BCUT2D eigenvalue weighted by molar-refractivity contribution is 0.304. The molecule has 1 aromatic heterocycles. The number of likely N-dealkylation sites (N-methyl/N-ethyl adjacent to an activating group) is 1. The van der Waals surface area contributed by atoms with Crippen molar-refractivity contribution in [2.45, 2.75) is 0 Å². The van der Waals surface area contributed by atoms with E-state index in [0.29, 0.717) is 17.3 Å². The summed E-state index contributed by atoms with van der Waals surface area (Å²) in [6.45, 7) is 0.586. The lowest BCUT2D eigenvalue weighted by Crippen LogP contribution is -2.22. The highest BCUT2D eigenvalue weighted by molar-refractivity contribution is 6.32. The van der Waals surface area contributed by atoms with Crippen LogP contribution in [-0.4, -0.2) is 30.3 Å². The quantitative estimate of drug-likeness (QED) is 0.818. The van der Waals surface area contributed by atoms with Gasteiger partial charge in [-0.2, -0.15) is 0 Å². The van der Waals surface area contributed by atoms with Gasteiger partial charge in [0.1, 0.15) is 5.82 Å². The molecule has 17 heavy (non-hydrogen) atoms. The summed E-state index contributed by atoms with van der Waals surface area (Å²) < 4.78 is 0. The van der Waals surface area contributed by atoms with Crippen molar-refractivity contribution in [3.8, 4) is 0 Å². The third kappa shape index (κ3) is 2.28. The van der Waals surface area contributed by atoms with Gasteiger partial charge in [-0.3, -0.25) is 0 Å². The van der Waals surface area contributed by atoms with Crippen LogP contribution in [0.1, 0.15) is 0 Å². The molecule has 0 fully saturated rings. The predicted octanol–water partition coefficient (Wildman–Crippen LogP) is 1.90. The second-order valence-electron chi connectivity index (χ2n) is 3.87. The van der Waals surface area contributed by atoms with Gasteiger partial charge in [-0.05, 0) is 18.2 Å². The van der Waals surface area contributed by atoms with E-state index in [4.69, 9.17) is 22.4 Å². The van der Waals surface area contributed by atoms with Gasteiger partial charge in [0, 0.05) is 41.3 Å². The summed E-state index contributed by atoms with van der Waals surface area (Å²) >= 11 is 6.00. The number of anilines is 2. The van der Waals surface area contributed by atoms with Crippen LogP contribution in [0.25, 0.3) is 10.8 Å². The van der Waals surface area contributed by atoms with E-state index in [0.717, 1.165) is 16.6 Å². The lowest BCUT2D eigenvalue weighted by atomic mass is 10.1. The molecule has 0 atom stereocenters. The number of hydrogen-bond donors (Lipinski definition) is 2. The van der Waals surface area contributed by atoms with Crippen LogP contribution in [0, 0.1) is 0 Å². The molecule has 0 aliphatic heterocycles. The third-order valence-corrected chi connectivity index (χ3v) is 2.87. The second-order valence-corrected chi connectivity index (χ2v) is 4.31. The monoisotopic (exact) mass is 251 g/mol. The standard InChI is InChI=1S/C12H14ClN3O/c1-16(4-5-17)12-10-6-8(13)7-11(14)9(10)2-3-15-12/h2-3,6-7,17H,4-5,14H2,1H3. The van der Waals surface area contributed by atoms with Crippen LogP contribution in [-0.2, 0) is 0 Å². The summed E-state index contributed by atoms with van der Waals surface area (Å²) in [5.41, 5.74) is 6.55. The van der Waals surface area contributed by atoms with Crippen molar-refractivity contribution >= 4 is 33.9 Å². The lowest BCUT2D eigenvalue weighted by Gasteiger charge is -2.19. The Morgan fingerprint density at radius 1 is 1.41 bits per heavy atom. The van der Waals surface area contributed by atoms with Gasteiger partial charge >= 0.3 is 0 Å². The van der Waals surface area contributed by atoms with Crippen molar-refractivity contribution in [3.63, 3.8) is 0 Å². The number of hydrogen-bond acceptors (Lipinski definition) is 4. The number of aromatic nitrogens is 1. The fraction of sp³-hybridized carbons (Fsp3) is 0.250. The van der Waals surface area contributed by atoms with Crippen LogP contribution in [0.3, 0.4) is 0 Å². The average molecular weight is 252 g/mol. The summed E-state index contributed by atoms with van der Waals surface area (Å²) in [6, 6.07) is 5.42. The van der Waals surface area contributed by atoms with Crippen molar-refractivity contribution < 1.29 is 5.11 Å². The van der Waals surface area contributed by atoms with Gasteiger partial charge < -0.3 is 15.7 Å². The SMILES string of the molecule is CN(CCO)c1nccc2c(N)cc(Cl)cc12. The molecule has 0 aliphatic rings. The maximum Gasteiger partial charge on any atom is 0.136 e. The highest BCUT2D eigenvalue weighted by atomic mass is 35.5. The summed E-state index contributed by atoms with van der Waals surface area (Å²) in [5, 5.41) is 11.4. The largest absolute Gasteiger partial charge is 0.398 e. The molecule has 1 heterocycles.